The highest BCUT2D eigenvalue weighted by molar-refractivity contribution is 5.70. The lowest BCUT2D eigenvalue weighted by Gasteiger charge is -2.12. The summed E-state index contributed by atoms with van der Waals surface area (Å²) in [6, 6.07) is 5.86. The number of benzene rings is 1. The zero-order chi connectivity index (χ0) is 11.7. The molecule has 1 aromatic rings. The first kappa shape index (κ1) is 10.4. The van der Waals surface area contributed by atoms with Crippen molar-refractivity contribution in [1.29, 1.82) is 0 Å². The summed E-state index contributed by atoms with van der Waals surface area (Å²) in [6.45, 7) is 1.82. The van der Waals surface area contributed by atoms with Gasteiger partial charge in [0, 0.05) is 12.1 Å². The summed E-state index contributed by atoms with van der Waals surface area (Å²) in [5.41, 5.74) is 0.769. The molecule has 2 atom stereocenters. The van der Waals surface area contributed by atoms with Crippen molar-refractivity contribution in [2.24, 2.45) is 0 Å². The SMILES string of the molecule is CC1NC(=O)OC1c1ccc([N+](=O)[O-])cc1. The van der Waals surface area contributed by atoms with Gasteiger partial charge in [-0.3, -0.25) is 10.1 Å². The molecule has 0 radical (unpaired) electrons. The lowest BCUT2D eigenvalue weighted by molar-refractivity contribution is -0.384. The predicted molar refractivity (Wildman–Crippen MR) is 54.9 cm³/mol. The first-order valence-electron chi connectivity index (χ1n) is 4.79. The smallest absolute Gasteiger partial charge is 0.408 e. The fourth-order valence-corrected chi connectivity index (χ4v) is 1.66. The standard InChI is InChI=1S/C10H10N2O4/c1-6-9(16-10(13)11-6)7-2-4-8(5-3-7)12(14)15/h2-6,9H,1H3,(H,11,13). The van der Waals surface area contributed by atoms with Crippen molar-refractivity contribution < 1.29 is 14.5 Å². The summed E-state index contributed by atoms with van der Waals surface area (Å²) in [5, 5.41) is 13.1. The van der Waals surface area contributed by atoms with Crippen molar-refractivity contribution >= 4 is 11.8 Å². The van der Waals surface area contributed by atoms with Gasteiger partial charge in [-0.1, -0.05) is 0 Å². The van der Waals surface area contributed by atoms with Crippen LogP contribution < -0.4 is 5.32 Å². The molecule has 1 fully saturated rings. The van der Waals surface area contributed by atoms with E-state index in [4.69, 9.17) is 4.74 Å². The molecule has 0 bridgehead atoms. The molecule has 1 N–H and O–H groups in total. The second-order valence-corrected chi connectivity index (χ2v) is 3.61. The normalized spacial score (nSPS) is 23.7. The van der Waals surface area contributed by atoms with Gasteiger partial charge in [0.05, 0.1) is 11.0 Å². The Morgan fingerprint density at radius 2 is 2.00 bits per heavy atom. The number of nitro benzene ring substituents is 1. The summed E-state index contributed by atoms with van der Waals surface area (Å²) in [4.78, 5) is 21.0. The van der Waals surface area contributed by atoms with Crippen molar-refractivity contribution in [2.75, 3.05) is 0 Å². The fraction of sp³-hybridized carbons (Fsp3) is 0.300. The second-order valence-electron chi connectivity index (χ2n) is 3.61. The molecule has 1 heterocycles. The maximum Gasteiger partial charge on any atom is 0.408 e. The molecule has 0 aromatic heterocycles. The third kappa shape index (κ3) is 1.81. The number of hydrogen-bond donors (Lipinski definition) is 1. The number of rotatable bonds is 2. The minimum Gasteiger partial charge on any atom is -0.439 e. The van der Waals surface area contributed by atoms with Gasteiger partial charge in [-0.15, -0.1) is 0 Å². The van der Waals surface area contributed by atoms with Gasteiger partial charge in [0.15, 0.2) is 0 Å². The van der Waals surface area contributed by atoms with Crippen LogP contribution in [-0.4, -0.2) is 17.1 Å². The monoisotopic (exact) mass is 222 g/mol. The molecule has 1 aliphatic heterocycles. The highest BCUT2D eigenvalue weighted by Gasteiger charge is 2.31. The van der Waals surface area contributed by atoms with Gasteiger partial charge in [0.2, 0.25) is 0 Å². The first-order chi connectivity index (χ1) is 7.58. The Balaban J connectivity index is 2.22. The van der Waals surface area contributed by atoms with Crippen LogP contribution in [0.2, 0.25) is 0 Å². The zero-order valence-corrected chi connectivity index (χ0v) is 8.54. The van der Waals surface area contributed by atoms with Gasteiger partial charge in [-0.25, -0.2) is 4.79 Å². The minimum atomic E-state index is -0.466. The van der Waals surface area contributed by atoms with E-state index in [0.717, 1.165) is 5.56 Å². The molecule has 84 valence electrons. The molecule has 16 heavy (non-hydrogen) atoms. The number of nitrogens with zero attached hydrogens (tertiary/aromatic N) is 1. The molecule has 2 unspecified atom stereocenters. The number of nitrogens with one attached hydrogen (secondary N) is 1. The molecular formula is C10H10N2O4. The van der Waals surface area contributed by atoms with Crippen LogP contribution >= 0.6 is 0 Å². The number of carbonyl (C=O) groups excluding carboxylic acids is 1. The van der Waals surface area contributed by atoms with E-state index in [2.05, 4.69) is 5.32 Å². The Labute approximate surface area is 91.4 Å². The number of ether oxygens (including phenoxy) is 1. The van der Waals surface area contributed by atoms with Crippen molar-refractivity contribution in [3.05, 3.63) is 39.9 Å². The van der Waals surface area contributed by atoms with Crippen LogP contribution in [0.4, 0.5) is 10.5 Å². The van der Waals surface area contributed by atoms with E-state index in [1.54, 1.807) is 12.1 Å². The number of non-ortho nitro benzene ring substituents is 1. The van der Waals surface area contributed by atoms with Gasteiger partial charge in [-0.2, -0.15) is 0 Å². The summed E-state index contributed by atoms with van der Waals surface area (Å²) in [5.74, 6) is 0. The van der Waals surface area contributed by atoms with Crippen LogP contribution in [0.5, 0.6) is 0 Å². The average molecular weight is 222 g/mol. The van der Waals surface area contributed by atoms with E-state index in [1.165, 1.54) is 12.1 Å². The molecule has 1 aliphatic rings. The number of hydrogen-bond acceptors (Lipinski definition) is 4. The molecule has 6 nitrogen and oxygen atoms in total. The quantitative estimate of drug-likeness (QED) is 0.610. The molecule has 0 spiro atoms. The molecule has 0 aliphatic carbocycles. The van der Waals surface area contributed by atoms with Crippen LogP contribution in [-0.2, 0) is 4.74 Å². The third-order valence-electron chi connectivity index (χ3n) is 2.47. The maximum atomic E-state index is 11.0. The van der Waals surface area contributed by atoms with Crippen molar-refractivity contribution in [3.63, 3.8) is 0 Å². The molecule has 1 amide bonds. The highest BCUT2D eigenvalue weighted by Crippen LogP contribution is 2.27. The molecule has 1 saturated heterocycles. The molecule has 2 rings (SSSR count). The summed E-state index contributed by atoms with van der Waals surface area (Å²) in [7, 11) is 0. The summed E-state index contributed by atoms with van der Waals surface area (Å²) in [6.07, 6.45) is -0.843. The number of carbonyl (C=O) groups is 1. The maximum absolute atomic E-state index is 11.0. The van der Waals surface area contributed by atoms with E-state index >= 15 is 0 Å². The Morgan fingerprint density at radius 1 is 1.38 bits per heavy atom. The van der Waals surface area contributed by atoms with Crippen LogP contribution in [0.3, 0.4) is 0 Å². The summed E-state index contributed by atoms with van der Waals surface area (Å²) >= 11 is 0. The Bertz CT molecular complexity index is 429. The fourth-order valence-electron chi connectivity index (χ4n) is 1.66. The van der Waals surface area contributed by atoms with E-state index in [-0.39, 0.29) is 17.8 Å². The topological polar surface area (TPSA) is 81.5 Å². The third-order valence-corrected chi connectivity index (χ3v) is 2.47. The Morgan fingerprint density at radius 3 is 2.44 bits per heavy atom. The van der Waals surface area contributed by atoms with Crippen LogP contribution in [0.25, 0.3) is 0 Å². The van der Waals surface area contributed by atoms with E-state index < -0.39 is 11.0 Å². The Hall–Kier alpha value is -2.11. The van der Waals surface area contributed by atoms with Gasteiger partial charge < -0.3 is 10.1 Å². The number of amides is 1. The summed E-state index contributed by atoms with van der Waals surface area (Å²) < 4.78 is 5.04. The first-order valence-corrected chi connectivity index (χ1v) is 4.79. The predicted octanol–water partition coefficient (Wildman–Crippen LogP) is 1.76. The van der Waals surface area contributed by atoms with E-state index in [9.17, 15) is 14.9 Å². The van der Waals surface area contributed by atoms with Gasteiger partial charge in [-0.05, 0) is 24.6 Å². The number of nitro groups is 1. The number of cyclic esters (lactones) is 1. The second kappa shape index (κ2) is 3.80. The number of alkyl carbamates (subject to hydrolysis) is 1. The average Bonchev–Trinajstić information content (AvgIpc) is 2.58. The van der Waals surface area contributed by atoms with Crippen molar-refractivity contribution in [1.82, 2.24) is 5.32 Å². The van der Waals surface area contributed by atoms with Crippen LogP contribution in [0.1, 0.15) is 18.6 Å². The minimum absolute atomic E-state index is 0.0219. The van der Waals surface area contributed by atoms with E-state index in [0.29, 0.717) is 0 Å². The van der Waals surface area contributed by atoms with Crippen LogP contribution in [0.15, 0.2) is 24.3 Å². The molecule has 6 heteroatoms. The molecule has 0 saturated carbocycles. The lowest BCUT2D eigenvalue weighted by Crippen LogP contribution is -2.23. The van der Waals surface area contributed by atoms with Gasteiger partial charge >= 0.3 is 6.09 Å². The van der Waals surface area contributed by atoms with Crippen molar-refractivity contribution in [3.8, 4) is 0 Å². The zero-order valence-electron chi connectivity index (χ0n) is 8.54. The van der Waals surface area contributed by atoms with Crippen LogP contribution in [0, 0.1) is 10.1 Å². The van der Waals surface area contributed by atoms with E-state index in [1.807, 2.05) is 6.92 Å². The largest absolute Gasteiger partial charge is 0.439 e. The van der Waals surface area contributed by atoms with Gasteiger partial charge in [0.25, 0.3) is 5.69 Å². The molecule has 1 aromatic carbocycles. The van der Waals surface area contributed by atoms with Gasteiger partial charge in [0.1, 0.15) is 6.10 Å². The molecular weight excluding hydrogens is 212 g/mol. The Kier molecular flexibility index (Phi) is 2.47. The lowest BCUT2D eigenvalue weighted by atomic mass is 10.0. The van der Waals surface area contributed by atoms with Crippen molar-refractivity contribution in [2.45, 2.75) is 19.1 Å². The highest BCUT2D eigenvalue weighted by atomic mass is 16.6.